The van der Waals surface area contributed by atoms with Gasteiger partial charge in [-0.05, 0) is 53.6 Å². The molecule has 0 radical (unpaired) electrons. The molecule has 178 valence electrons. The Hall–Kier alpha value is -4.52. The van der Waals surface area contributed by atoms with Crippen molar-refractivity contribution in [2.24, 2.45) is 0 Å². The first-order valence-corrected chi connectivity index (χ1v) is 11.8. The number of aryl methyl sites for hydroxylation is 1. The zero-order valence-corrected chi connectivity index (χ0v) is 19.0. The number of anilines is 2. The Morgan fingerprint density at radius 3 is 2.66 bits per heavy atom. The average Bonchev–Trinajstić information content (AvgIpc) is 3.41. The fraction of sp³-hybridized carbons (Fsp3) is 0.0909. The summed E-state index contributed by atoms with van der Waals surface area (Å²) in [7, 11) is -3.91. The molecule has 2 aromatic carbocycles. The third kappa shape index (κ3) is 4.36. The highest BCUT2D eigenvalue weighted by atomic mass is 32.2. The van der Waals surface area contributed by atoms with E-state index in [2.05, 4.69) is 25.0 Å². The minimum Gasteiger partial charge on any atom is -0.439 e. The summed E-state index contributed by atoms with van der Waals surface area (Å²) in [6.45, 7) is 2.49. The first-order valence-electron chi connectivity index (χ1n) is 10.3. The smallest absolute Gasteiger partial charge is 0.261 e. The van der Waals surface area contributed by atoms with Gasteiger partial charge in [0.1, 0.15) is 17.1 Å². The van der Waals surface area contributed by atoms with E-state index in [1.807, 2.05) is 11.5 Å². The standard InChI is InChI=1S/C22H18FN7O4S/c1-2-30-18-11-19(25-12-17(18)26-22(30)20-21(24)28-34-27-20)33-15-5-3-4-14(10-15)29-35(31,32)16-8-6-13(23)7-9-16/h3-12,29H,2H2,1H3,(H2,24,28). The molecular weight excluding hydrogens is 477 g/mol. The lowest BCUT2D eigenvalue weighted by molar-refractivity contribution is 0.310. The molecule has 3 aromatic heterocycles. The van der Waals surface area contributed by atoms with Crippen molar-refractivity contribution in [1.29, 1.82) is 0 Å². The van der Waals surface area contributed by atoms with E-state index in [0.29, 0.717) is 29.3 Å². The Bertz CT molecular complexity index is 1630. The minimum atomic E-state index is -3.91. The molecule has 0 bridgehead atoms. The second-order valence-corrected chi connectivity index (χ2v) is 9.06. The molecule has 3 heterocycles. The van der Waals surface area contributed by atoms with Gasteiger partial charge in [0.05, 0.1) is 22.3 Å². The number of imidazole rings is 1. The molecule has 0 aliphatic rings. The summed E-state index contributed by atoms with van der Waals surface area (Å²) in [4.78, 5) is 8.75. The van der Waals surface area contributed by atoms with Crippen LogP contribution in [0, 0.1) is 5.82 Å². The predicted octanol–water partition coefficient (Wildman–Crippen LogP) is 3.82. The van der Waals surface area contributed by atoms with Gasteiger partial charge in [0.15, 0.2) is 17.3 Å². The van der Waals surface area contributed by atoms with Crippen molar-refractivity contribution >= 4 is 32.6 Å². The average molecular weight is 495 g/mol. The monoisotopic (exact) mass is 495 g/mol. The van der Waals surface area contributed by atoms with Gasteiger partial charge in [-0.3, -0.25) is 4.72 Å². The molecule has 0 amide bonds. The van der Waals surface area contributed by atoms with Crippen LogP contribution in [0.25, 0.3) is 22.6 Å². The lowest BCUT2D eigenvalue weighted by atomic mass is 10.3. The highest BCUT2D eigenvalue weighted by Gasteiger charge is 2.19. The number of hydrogen-bond donors (Lipinski definition) is 2. The summed E-state index contributed by atoms with van der Waals surface area (Å²) in [5.74, 6) is 0.700. The first kappa shape index (κ1) is 22.3. The maximum Gasteiger partial charge on any atom is 0.261 e. The van der Waals surface area contributed by atoms with Crippen molar-refractivity contribution in [3.05, 3.63) is 66.6 Å². The Labute approximate surface area is 198 Å². The van der Waals surface area contributed by atoms with Crippen molar-refractivity contribution in [2.45, 2.75) is 18.4 Å². The fourth-order valence-corrected chi connectivity index (χ4v) is 4.54. The highest BCUT2D eigenvalue weighted by Crippen LogP contribution is 2.30. The van der Waals surface area contributed by atoms with Crippen LogP contribution >= 0.6 is 0 Å². The van der Waals surface area contributed by atoms with Crippen LogP contribution in [-0.2, 0) is 16.6 Å². The lowest BCUT2D eigenvalue weighted by Gasteiger charge is -2.10. The number of nitrogens with one attached hydrogen (secondary N) is 1. The third-order valence-electron chi connectivity index (χ3n) is 5.08. The fourth-order valence-electron chi connectivity index (χ4n) is 3.49. The normalized spacial score (nSPS) is 11.6. The summed E-state index contributed by atoms with van der Waals surface area (Å²) >= 11 is 0. The van der Waals surface area contributed by atoms with Gasteiger partial charge in [0.2, 0.25) is 5.88 Å². The van der Waals surface area contributed by atoms with E-state index in [0.717, 1.165) is 17.6 Å². The number of benzene rings is 2. The van der Waals surface area contributed by atoms with E-state index in [-0.39, 0.29) is 22.3 Å². The van der Waals surface area contributed by atoms with E-state index in [4.69, 9.17) is 15.1 Å². The van der Waals surface area contributed by atoms with Crippen LogP contribution in [0.4, 0.5) is 15.9 Å². The first-order chi connectivity index (χ1) is 16.8. The van der Waals surface area contributed by atoms with Crippen LogP contribution in [-0.4, -0.2) is 33.3 Å². The van der Waals surface area contributed by atoms with Gasteiger partial charge in [0.25, 0.3) is 10.0 Å². The topological polar surface area (TPSA) is 151 Å². The van der Waals surface area contributed by atoms with Gasteiger partial charge >= 0.3 is 0 Å². The third-order valence-corrected chi connectivity index (χ3v) is 6.48. The molecule has 0 saturated heterocycles. The summed E-state index contributed by atoms with van der Waals surface area (Å²) in [5.41, 5.74) is 7.74. The molecule has 0 aliphatic carbocycles. The predicted molar refractivity (Wildman–Crippen MR) is 125 cm³/mol. The molecule has 0 atom stereocenters. The summed E-state index contributed by atoms with van der Waals surface area (Å²) in [6, 6.07) is 12.6. The minimum absolute atomic E-state index is 0.0658. The van der Waals surface area contributed by atoms with Gasteiger partial charge < -0.3 is 15.0 Å². The molecule has 0 unspecified atom stereocenters. The molecule has 35 heavy (non-hydrogen) atoms. The van der Waals surface area contributed by atoms with Crippen LogP contribution in [0.3, 0.4) is 0 Å². The summed E-state index contributed by atoms with van der Waals surface area (Å²) in [6.07, 6.45) is 1.55. The molecular formula is C22H18FN7O4S. The second kappa shape index (κ2) is 8.68. The summed E-state index contributed by atoms with van der Waals surface area (Å²) in [5, 5.41) is 7.43. The van der Waals surface area contributed by atoms with Crippen LogP contribution in [0.5, 0.6) is 11.6 Å². The Balaban J connectivity index is 1.42. The lowest BCUT2D eigenvalue weighted by Crippen LogP contribution is -2.12. The summed E-state index contributed by atoms with van der Waals surface area (Å²) < 4.78 is 53.2. The molecule has 0 spiro atoms. The maximum absolute atomic E-state index is 13.1. The van der Waals surface area contributed by atoms with Crippen LogP contribution in [0.15, 0.2) is 70.3 Å². The maximum atomic E-state index is 13.1. The molecule has 3 N–H and O–H groups in total. The van der Waals surface area contributed by atoms with Crippen LogP contribution in [0.1, 0.15) is 6.92 Å². The second-order valence-electron chi connectivity index (χ2n) is 7.38. The number of halogens is 1. The van der Waals surface area contributed by atoms with E-state index in [1.165, 1.54) is 18.2 Å². The Morgan fingerprint density at radius 2 is 1.94 bits per heavy atom. The number of pyridine rings is 1. The van der Waals surface area contributed by atoms with E-state index < -0.39 is 15.8 Å². The van der Waals surface area contributed by atoms with Crippen molar-refractivity contribution in [3.8, 4) is 23.1 Å². The molecule has 11 nitrogen and oxygen atoms in total. The number of aromatic nitrogens is 5. The Kier molecular flexibility index (Phi) is 5.53. The van der Waals surface area contributed by atoms with Gasteiger partial charge in [-0.1, -0.05) is 6.07 Å². The number of sulfonamides is 1. The van der Waals surface area contributed by atoms with Gasteiger partial charge in [0, 0.05) is 18.7 Å². The number of ether oxygens (including phenoxy) is 1. The van der Waals surface area contributed by atoms with Crippen molar-refractivity contribution in [1.82, 2.24) is 24.8 Å². The van der Waals surface area contributed by atoms with Crippen LogP contribution in [0.2, 0.25) is 0 Å². The SMILES string of the molecule is CCn1c(-c2nonc2N)nc2cnc(Oc3cccc(NS(=O)(=O)c4ccc(F)cc4)c3)cc21. The number of nitrogen functional groups attached to an aromatic ring is 1. The van der Waals surface area contributed by atoms with Crippen molar-refractivity contribution in [3.63, 3.8) is 0 Å². The van der Waals surface area contributed by atoms with E-state index >= 15 is 0 Å². The quantitative estimate of drug-likeness (QED) is 0.343. The van der Waals surface area contributed by atoms with Crippen molar-refractivity contribution in [2.75, 3.05) is 10.5 Å². The van der Waals surface area contributed by atoms with E-state index in [1.54, 1.807) is 30.5 Å². The number of nitrogens with two attached hydrogens (primary N) is 1. The van der Waals surface area contributed by atoms with Crippen molar-refractivity contribution < 1.29 is 22.2 Å². The molecule has 5 aromatic rings. The molecule has 13 heteroatoms. The zero-order chi connectivity index (χ0) is 24.6. The van der Waals surface area contributed by atoms with Crippen LogP contribution < -0.4 is 15.2 Å². The molecule has 0 fully saturated rings. The molecule has 5 rings (SSSR count). The van der Waals surface area contributed by atoms with E-state index in [9.17, 15) is 12.8 Å². The largest absolute Gasteiger partial charge is 0.439 e. The molecule has 0 aliphatic heterocycles. The number of hydrogen-bond acceptors (Lipinski definition) is 9. The van der Waals surface area contributed by atoms with Gasteiger partial charge in [-0.25, -0.2) is 27.4 Å². The highest BCUT2D eigenvalue weighted by molar-refractivity contribution is 7.92. The van der Waals surface area contributed by atoms with Gasteiger partial charge in [-0.15, -0.1) is 0 Å². The zero-order valence-electron chi connectivity index (χ0n) is 18.2. The Morgan fingerprint density at radius 1 is 1.14 bits per heavy atom. The number of fused-ring (bicyclic) bond motifs is 1. The molecule has 0 saturated carbocycles. The number of nitrogens with zero attached hydrogens (tertiary/aromatic N) is 5. The number of rotatable bonds is 7. The van der Waals surface area contributed by atoms with Gasteiger partial charge in [-0.2, -0.15) is 0 Å².